The average Bonchev–Trinajstić information content (AvgIpc) is 1.20. The van der Waals surface area contributed by atoms with Gasteiger partial charge in [0.1, 0.15) is 31.1 Å². The Kier molecular flexibility index (Phi) is 19.5. The molecule has 4 bridgehead atoms. The van der Waals surface area contributed by atoms with E-state index < -0.39 is 53.7 Å². The van der Waals surface area contributed by atoms with Crippen molar-refractivity contribution < 1.29 is 52.9 Å². The summed E-state index contributed by atoms with van der Waals surface area (Å²) in [4.78, 5) is 106. The minimum Gasteiger partial charge on any atom is -0.476 e. The zero-order chi connectivity index (χ0) is 71.0. The third kappa shape index (κ3) is 15.0. The Morgan fingerprint density at radius 3 is 2.18 bits per heavy atom. The quantitative estimate of drug-likeness (QED) is 0.0262. The number of nitrogens with one attached hydrogen (secondary N) is 5. The smallest absolute Gasteiger partial charge is 0.409 e. The zero-order valence-electron chi connectivity index (χ0n) is 57.7. The number of urea groups is 1. The third-order valence-electron chi connectivity index (χ3n) is 20.9. The number of hydrogen-bond acceptors (Lipinski definition) is 15. The van der Waals surface area contributed by atoms with Gasteiger partial charge in [0, 0.05) is 73.8 Å². The molecule has 101 heavy (non-hydrogen) atoms. The topological polar surface area (TPSA) is 304 Å². The number of carboxylic acid groups (broad SMARTS) is 1. The summed E-state index contributed by atoms with van der Waals surface area (Å²) in [5.74, 6) is -2.59. The molecule has 8 N–H and O–H groups in total. The van der Waals surface area contributed by atoms with Crippen LogP contribution in [-0.2, 0) is 49.9 Å². The molecule has 3 aromatic heterocycles. The molecular weight excluding hydrogens is 1300 g/mol. The number of nitrogens with two attached hydrogens (primary N) is 1. The van der Waals surface area contributed by atoms with Crippen LogP contribution in [0.15, 0.2) is 134 Å². The average molecular weight is 1390 g/mol. The number of carboxylic acids is 1. The number of anilines is 3. The number of aromatic carboxylic acids is 1. The molecule has 14 rings (SSSR count). The highest BCUT2D eigenvalue weighted by Crippen LogP contribution is 2.72. The van der Waals surface area contributed by atoms with Gasteiger partial charge in [-0.2, -0.15) is 5.10 Å². The molecule has 1 aliphatic heterocycles. The van der Waals surface area contributed by atoms with Crippen LogP contribution in [0.4, 0.5) is 31.0 Å². The van der Waals surface area contributed by atoms with Crippen molar-refractivity contribution in [3.8, 4) is 22.3 Å². The minimum atomic E-state index is -1.15. The zero-order valence-corrected chi connectivity index (χ0v) is 58.5. The van der Waals surface area contributed by atoms with E-state index in [1.54, 1.807) is 51.4 Å². The van der Waals surface area contributed by atoms with Crippen molar-refractivity contribution in [3.63, 3.8) is 0 Å². The second-order valence-electron chi connectivity index (χ2n) is 29.3. The Balaban J connectivity index is 0.597. The monoisotopic (exact) mass is 1390 g/mol. The number of pyridine rings is 1. The van der Waals surface area contributed by atoms with Crippen LogP contribution in [0.25, 0.3) is 32.5 Å². The van der Waals surface area contributed by atoms with E-state index >= 15 is 0 Å². The normalized spacial score (nSPS) is 20.6. The number of alkyl carbamates (subject to hydrolysis) is 1. The largest absolute Gasteiger partial charge is 0.476 e. The van der Waals surface area contributed by atoms with Crippen molar-refractivity contribution in [2.45, 2.75) is 136 Å². The molecule has 4 saturated carbocycles. The van der Waals surface area contributed by atoms with Crippen LogP contribution in [-0.4, -0.2) is 129 Å². The van der Waals surface area contributed by atoms with Gasteiger partial charge in [0.2, 0.25) is 11.8 Å². The maximum Gasteiger partial charge on any atom is 0.409 e. The van der Waals surface area contributed by atoms with Crippen LogP contribution in [0, 0.1) is 29.1 Å². The summed E-state index contributed by atoms with van der Waals surface area (Å²) in [7, 11) is 1.68. The second kappa shape index (κ2) is 28.4. The van der Waals surface area contributed by atoms with E-state index in [-0.39, 0.29) is 65.9 Å². The fraction of sp³-hybridized carbons (Fsp3) is 0.403. The molecule has 0 radical (unpaired) electrons. The molecule has 4 heterocycles. The third-order valence-corrected chi connectivity index (χ3v) is 21.8. The Labute approximate surface area is 590 Å². The van der Waals surface area contributed by atoms with Gasteiger partial charge < -0.3 is 56.1 Å². The molecule has 6 aliphatic rings. The van der Waals surface area contributed by atoms with Crippen molar-refractivity contribution in [1.82, 2.24) is 40.6 Å². The SMILES string of the molecule is Cc1c(-c2ccc(N3CCc4cccc(C(=O)Nc5nc6ccccc6s5)c4C3)nc2C(=O)O)cnn1CC12CC3(C)CC(C)(C1)CC(OCCN(C)C(=O)OCc1ccc(NC(=O)C(CCCNC(N)=O)NC(=O)C(NC(=O)OCC4c5ccccc5-c5ccccc54)C(C)C)cc1)(C3)C2. The van der Waals surface area contributed by atoms with Crippen LogP contribution in [0.3, 0.4) is 0 Å². The molecule has 526 valence electrons. The number of thiazole rings is 1. The Hall–Kier alpha value is -10.2. The number of nitrogens with zero attached hydrogens (tertiary/aromatic N) is 6. The summed E-state index contributed by atoms with van der Waals surface area (Å²) in [6.45, 7) is 12.6. The fourth-order valence-electron chi connectivity index (χ4n) is 17.4. The number of rotatable bonds is 25. The number of hydrogen-bond donors (Lipinski definition) is 7. The first-order chi connectivity index (χ1) is 48.4. The number of primary amides is 1. The van der Waals surface area contributed by atoms with Crippen LogP contribution < -0.4 is 37.2 Å². The standard InChI is InChI=1S/C77H86N12O11S/c1-46(2)64(85-72(96)98-38-59-53-18-9-7-16-51(53)52-17-8-10-19-54(52)59)68(92)82-61(22-14-31-79-70(78)95)67(91)81-50-26-24-48(25-27-50)37-99-73(97)87(6)33-34-100-77-42-74(4)39-75(5,43-77)41-76(40-74,44-77)45-89-47(3)57(35-80-89)55-28-29-63(84-65(55)69(93)94)88-32-30-49-15-13-20-56(58(49)36-88)66(90)86-71-83-60-21-11-12-23-62(60)101-71/h7-13,15-21,23-29,35,46,59,61,64H,14,22,30-34,36-45H2,1-6H3,(H,81,91)(H,82,92)(H,85,96)(H,93,94)(H3,78,79,95)(H,83,86,90). The number of benzene rings is 5. The summed E-state index contributed by atoms with van der Waals surface area (Å²) >= 11 is 1.42. The molecule has 4 unspecified atom stereocenters. The lowest BCUT2D eigenvalue weighted by molar-refractivity contribution is -0.248. The molecule has 24 heteroatoms. The first-order valence-corrected chi connectivity index (χ1v) is 35.4. The van der Waals surface area contributed by atoms with E-state index in [1.807, 2.05) is 120 Å². The minimum absolute atomic E-state index is 0.0113. The van der Waals surface area contributed by atoms with Gasteiger partial charge >= 0.3 is 24.2 Å². The summed E-state index contributed by atoms with van der Waals surface area (Å²) < 4.78 is 21.6. The highest BCUT2D eigenvalue weighted by Gasteiger charge is 2.66. The van der Waals surface area contributed by atoms with Crippen molar-refractivity contribution in [3.05, 3.63) is 178 Å². The first kappa shape index (κ1) is 69.3. The van der Waals surface area contributed by atoms with Crippen LogP contribution >= 0.6 is 11.3 Å². The molecule has 0 spiro atoms. The summed E-state index contributed by atoms with van der Waals surface area (Å²) in [5.41, 5.74) is 15.3. The van der Waals surface area contributed by atoms with Crippen molar-refractivity contribution in [1.29, 1.82) is 0 Å². The van der Waals surface area contributed by atoms with E-state index in [1.165, 1.54) is 16.2 Å². The number of para-hydroxylation sites is 1. The Bertz CT molecular complexity index is 4420. The van der Waals surface area contributed by atoms with Gasteiger partial charge in [-0.25, -0.2) is 29.1 Å². The summed E-state index contributed by atoms with van der Waals surface area (Å²) in [6.07, 6.45) is 7.22. The van der Waals surface area contributed by atoms with E-state index in [9.17, 15) is 38.7 Å². The lowest BCUT2D eigenvalue weighted by Crippen LogP contribution is -2.64. The van der Waals surface area contributed by atoms with Crippen molar-refractivity contribution >= 4 is 80.1 Å². The molecule has 23 nitrogen and oxygen atoms in total. The predicted molar refractivity (Wildman–Crippen MR) is 384 cm³/mol. The molecule has 5 aromatic carbocycles. The van der Waals surface area contributed by atoms with Crippen molar-refractivity contribution in [2.75, 3.05) is 55.4 Å². The van der Waals surface area contributed by atoms with Gasteiger partial charge in [0.15, 0.2) is 10.8 Å². The molecule has 4 fully saturated rings. The maximum absolute atomic E-state index is 14.0. The lowest BCUT2D eigenvalue weighted by atomic mass is 9.39. The number of carbonyl (C=O) groups excluding carboxylic acids is 6. The Morgan fingerprint density at radius 2 is 1.48 bits per heavy atom. The number of carbonyl (C=O) groups is 7. The lowest BCUT2D eigenvalue weighted by Gasteiger charge is -2.69. The molecule has 0 saturated heterocycles. The number of fused-ring (bicyclic) bond motifs is 5. The van der Waals surface area contributed by atoms with Gasteiger partial charge in [-0.1, -0.05) is 124 Å². The van der Waals surface area contributed by atoms with Crippen LogP contribution in [0.1, 0.15) is 139 Å². The van der Waals surface area contributed by atoms with E-state index in [4.69, 9.17) is 30.0 Å². The highest BCUT2D eigenvalue weighted by atomic mass is 32.1. The molecule has 8 aromatic rings. The molecule has 7 amide bonds. The van der Waals surface area contributed by atoms with Gasteiger partial charge in [0.05, 0.1) is 28.6 Å². The molecule has 4 atom stereocenters. The van der Waals surface area contributed by atoms with Gasteiger partial charge in [-0.15, -0.1) is 0 Å². The highest BCUT2D eigenvalue weighted by molar-refractivity contribution is 7.22. The summed E-state index contributed by atoms with van der Waals surface area (Å²) in [5, 5.41) is 30.1. The molecule has 5 aliphatic carbocycles. The van der Waals surface area contributed by atoms with E-state index in [0.29, 0.717) is 84.5 Å². The Morgan fingerprint density at radius 1 is 0.762 bits per heavy atom. The summed E-state index contributed by atoms with van der Waals surface area (Å²) in [6, 6.07) is 37.1. The molecular formula is C77H86N12O11S. The fourth-order valence-corrected chi connectivity index (χ4v) is 18.3. The maximum atomic E-state index is 14.0. The van der Waals surface area contributed by atoms with Crippen LogP contribution in [0.5, 0.6) is 0 Å². The van der Waals surface area contributed by atoms with Crippen LogP contribution in [0.2, 0.25) is 0 Å². The van der Waals surface area contributed by atoms with E-state index in [2.05, 4.69) is 45.4 Å². The second-order valence-corrected chi connectivity index (χ2v) is 30.3. The number of ether oxygens (including phenoxy) is 3. The first-order valence-electron chi connectivity index (χ1n) is 34.6. The predicted octanol–water partition coefficient (Wildman–Crippen LogP) is 12.2. The van der Waals surface area contributed by atoms with Gasteiger partial charge in [-0.05, 0) is 168 Å². The van der Waals surface area contributed by atoms with E-state index in [0.717, 1.165) is 87.8 Å². The van der Waals surface area contributed by atoms with Crippen molar-refractivity contribution in [2.24, 2.45) is 27.9 Å². The van der Waals surface area contributed by atoms with Gasteiger partial charge in [0.25, 0.3) is 5.91 Å². The number of amides is 7. The van der Waals surface area contributed by atoms with Gasteiger partial charge in [-0.3, -0.25) is 24.4 Å². The number of aromatic nitrogens is 4. The number of likely N-dealkylation sites (N-methyl/N-ethyl adjacent to an activating group) is 1.